The zero-order valence-corrected chi connectivity index (χ0v) is 20.7. The molecular formula is C26H33F2N7O2. The van der Waals surface area contributed by atoms with Crippen molar-refractivity contribution in [2.45, 2.75) is 44.3 Å². The molecule has 198 valence electrons. The fraction of sp³-hybridized carbons (Fsp3) is 0.462. The molecule has 1 unspecified atom stereocenters. The monoisotopic (exact) mass is 513 g/mol. The van der Waals surface area contributed by atoms with Gasteiger partial charge in [0.2, 0.25) is 0 Å². The number of hydrogen-bond donors (Lipinski definition) is 4. The number of nitrogens with one attached hydrogen (secondary N) is 2. The number of carbonyl (C=O) groups excluding carboxylic acids is 1. The van der Waals surface area contributed by atoms with Gasteiger partial charge in [-0.25, -0.2) is 13.8 Å². The first kappa shape index (κ1) is 25.4. The van der Waals surface area contributed by atoms with E-state index in [0.717, 1.165) is 51.4 Å². The number of rotatable bonds is 8. The normalized spacial score (nSPS) is 20.7. The number of anilines is 3. The lowest BCUT2D eigenvalue weighted by molar-refractivity contribution is 0.0365. The smallest absolute Gasteiger partial charge is 0.252 e. The molecule has 2 aromatic heterocycles. The maximum absolute atomic E-state index is 15.3. The Kier molecular flexibility index (Phi) is 7.54. The van der Waals surface area contributed by atoms with Crippen LogP contribution in [0, 0.1) is 11.6 Å². The highest BCUT2D eigenvalue weighted by Crippen LogP contribution is 2.30. The molecule has 1 amide bonds. The van der Waals surface area contributed by atoms with E-state index in [0.29, 0.717) is 36.3 Å². The van der Waals surface area contributed by atoms with Gasteiger partial charge in [-0.1, -0.05) is 12.8 Å². The minimum absolute atomic E-state index is 0.0225. The number of nitrogens with zero attached hydrogens (tertiary/aromatic N) is 3. The van der Waals surface area contributed by atoms with Crippen LogP contribution in [0.3, 0.4) is 0 Å². The second kappa shape index (κ2) is 11.0. The van der Waals surface area contributed by atoms with Crippen molar-refractivity contribution in [1.29, 1.82) is 0 Å². The number of fused-ring (bicyclic) bond motifs is 1. The van der Waals surface area contributed by atoms with Crippen LogP contribution in [0.15, 0.2) is 30.5 Å². The number of ether oxygens (including phenoxy) is 1. The van der Waals surface area contributed by atoms with Crippen LogP contribution in [0.1, 0.15) is 36.0 Å². The molecule has 3 heterocycles. The van der Waals surface area contributed by atoms with E-state index in [1.165, 1.54) is 6.07 Å². The van der Waals surface area contributed by atoms with Crippen LogP contribution in [0.4, 0.5) is 26.1 Å². The molecule has 1 saturated carbocycles. The van der Waals surface area contributed by atoms with Crippen LogP contribution >= 0.6 is 0 Å². The lowest BCUT2D eigenvalue weighted by Crippen LogP contribution is -2.43. The van der Waals surface area contributed by atoms with Gasteiger partial charge in [0.25, 0.3) is 5.91 Å². The molecule has 0 radical (unpaired) electrons. The largest absolute Gasteiger partial charge is 0.379 e. The van der Waals surface area contributed by atoms with Gasteiger partial charge in [-0.05, 0) is 37.1 Å². The van der Waals surface area contributed by atoms with E-state index in [2.05, 4.69) is 20.5 Å². The number of primary amides is 1. The summed E-state index contributed by atoms with van der Waals surface area (Å²) in [5.74, 6) is -1.93. The van der Waals surface area contributed by atoms with Gasteiger partial charge in [-0.2, -0.15) is 0 Å². The Balaban J connectivity index is 1.38. The van der Waals surface area contributed by atoms with E-state index in [-0.39, 0.29) is 29.3 Å². The topological polar surface area (TPSA) is 123 Å². The number of amides is 1. The van der Waals surface area contributed by atoms with Crippen molar-refractivity contribution < 1.29 is 18.3 Å². The number of pyridine rings is 1. The molecule has 9 nitrogen and oxygen atoms in total. The molecular weight excluding hydrogens is 480 g/mol. The quantitative estimate of drug-likeness (QED) is 0.365. The van der Waals surface area contributed by atoms with Crippen molar-refractivity contribution >= 4 is 34.1 Å². The predicted octanol–water partition coefficient (Wildman–Crippen LogP) is 3.17. The van der Waals surface area contributed by atoms with Crippen molar-refractivity contribution in [2.24, 2.45) is 11.5 Å². The number of aromatic nitrogens is 2. The molecule has 1 aliphatic carbocycles. The molecule has 6 N–H and O–H groups in total. The zero-order valence-electron chi connectivity index (χ0n) is 20.7. The molecule has 2 atom stereocenters. The molecule has 0 spiro atoms. The Bertz CT molecular complexity index is 1280. The Morgan fingerprint density at radius 1 is 1.08 bits per heavy atom. The number of halogens is 2. The number of nitrogens with two attached hydrogens (primary N) is 2. The minimum Gasteiger partial charge on any atom is -0.379 e. The second-order valence-corrected chi connectivity index (χ2v) is 9.76. The fourth-order valence-electron chi connectivity index (χ4n) is 5.15. The van der Waals surface area contributed by atoms with Gasteiger partial charge in [0.05, 0.1) is 24.3 Å². The van der Waals surface area contributed by atoms with Gasteiger partial charge in [-0.3, -0.25) is 9.69 Å². The second-order valence-electron chi connectivity index (χ2n) is 9.76. The number of carbonyl (C=O) groups is 1. The van der Waals surface area contributed by atoms with Gasteiger partial charge in [0, 0.05) is 55.5 Å². The van der Waals surface area contributed by atoms with E-state index >= 15 is 4.39 Å². The third-order valence-electron chi connectivity index (χ3n) is 7.22. The SMILES string of the molecule is NC(=O)c1cc(F)c(N[C@@H]2CCCCC2N)nc1Nc1cc(F)c2c(ccn2CCN2CCOCC2)c1. The van der Waals surface area contributed by atoms with Crippen molar-refractivity contribution in [3.05, 3.63) is 47.7 Å². The molecule has 2 fully saturated rings. The third kappa shape index (κ3) is 5.68. The molecule has 37 heavy (non-hydrogen) atoms. The van der Waals surface area contributed by atoms with Gasteiger partial charge in [0.15, 0.2) is 11.6 Å². The molecule has 11 heteroatoms. The van der Waals surface area contributed by atoms with Crippen LogP contribution in [-0.4, -0.2) is 65.3 Å². The Morgan fingerprint density at radius 2 is 1.86 bits per heavy atom. The average molecular weight is 514 g/mol. The van der Waals surface area contributed by atoms with E-state index in [9.17, 15) is 9.18 Å². The lowest BCUT2D eigenvalue weighted by Gasteiger charge is -2.30. The standard InChI is InChI=1S/C26H33F2N7O2/c27-19-14-17(13-16-5-6-35(23(16)19)8-7-34-9-11-37-12-10-34)31-25-18(24(30)36)15-20(28)26(33-25)32-22-4-2-1-3-21(22)29/h5-6,13-15,21-22H,1-4,7-12,29H2,(H2,30,36)(H2,31,32,33)/t21?,22-/m1/s1. The molecule has 5 rings (SSSR count). The van der Waals surface area contributed by atoms with Gasteiger partial charge in [-0.15, -0.1) is 0 Å². The van der Waals surface area contributed by atoms with Gasteiger partial charge >= 0.3 is 0 Å². The number of hydrogen-bond acceptors (Lipinski definition) is 7. The van der Waals surface area contributed by atoms with Crippen LogP contribution in [0.25, 0.3) is 10.9 Å². The fourth-order valence-corrected chi connectivity index (χ4v) is 5.15. The Morgan fingerprint density at radius 3 is 2.62 bits per heavy atom. The summed E-state index contributed by atoms with van der Waals surface area (Å²) in [5.41, 5.74) is 12.4. The van der Waals surface area contributed by atoms with E-state index in [1.807, 2.05) is 16.8 Å². The van der Waals surface area contributed by atoms with Crippen molar-refractivity contribution in [1.82, 2.24) is 14.5 Å². The van der Waals surface area contributed by atoms with Gasteiger partial charge < -0.3 is 31.4 Å². The first-order valence-corrected chi connectivity index (χ1v) is 12.8. The first-order chi connectivity index (χ1) is 17.9. The van der Waals surface area contributed by atoms with E-state index < -0.39 is 17.5 Å². The first-order valence-electron chi connectivity index (χ1n) is 12.8. The predicted molar refractivity (Wildman–Crippen MR) is 139 cm³/mol. The van der Waals surface area contributed by atoms with E-state index in [1.54, 1.807) is 6.07 Å². The summed E-state index contributed by atoms with van der Waals surface area (Å²) in [6.07, 6.45) is 5.52. The molecule has 1 aromatic carbocycles. The molecule has 3 aromatic rings. The van der Waals surface area contributed by atoms with Crippen LogP contribution < -0.4 is 22.1 Å². The molecule has 1 aliphatic heterocycles. The zero-order chi connectivity index (χ0) is 25.9. The Hall–Kier alpha value is -3.28. The lowest BCUT2D eigenvalue weighted by atomic mass is 9.91. The maximum atomic E-state index is 15.3. The van der Waals surface area contributed by atoms with Crippen LogP contribution in [0.2, 0.25) is 0 Å². The van der Waals surface area contributed by atoms with Crippen molar-refractivity contribution in [3.8, 4) is 0 Å². The van der Waals surface area contributed by atoms with Gasteiger partial charge in [0.1, 0.15) is 11.6 Å². The summed E-state index contributed by atoms with van der Waals surface area (Å²) in [6.45, 7) is 4.61. The summed E-state index contributed by atoms with van der Waals surface area (Å²) >= 11 is 0. The summed E-state index contributed by atoms with van der Waals surface area (Å²) < 4.78 is 37.4. The highest BCUT2D eigenvalue weighted by Gasteiger charge is 2.25. The highest BCUT2D eigenvalue weighted by molar-refractivity contribution is 5.99. The average Bonchev–Trinajstić information content (AvgIpc) is 3.30. The maximum Gasteiger partial charge on any atom is 0.252 e. The summed E-state index contributed by atoms with van der Waals surface area (Å²) in [7, 11) is 0. The highest BCUT2D eigenvalue weighted by atomic mass is 19.1. The summed E-state index contributed by atoms with van der Waals surface area (Å²) in [4.78, 5) is 18.7. The molecule has 2 aliphatic rings. The summed E-state index contributed by atoms with van der Waals surface area (Å²) in [6, 6.07) is 5.75. The minimum atomic E-state index is -0.842. The van der Waals surface area contributed by atoms with Crippen LogP contribution in [0.5, 0.6) is 0 Å². The third-order valence-corrected chi connectivity index (χ3v) is 7.22. The van der Waals surface area contributed by atoms with Crippen molar-refractivity contribution in [2.75, 3.05) is 43.5 Å². The molecule has 1 saturated heterocycles. The number of morpholine rings is 1. The van der Waals surface area contributed by atoms with E-state index in [4.69, 9.17) is 16.2 Å². The summed E-state index contributed by atoms with van der Waals surface area (Å²) in [5, 5.41) is 6.75. The Labute approximate surface area is 214 Å². The van der Waals surface area contributed by atoms with Crippen LogP contribution in [-0.2, 0) is 11.3 Å². The molecule has 0 bridgehead atoms. The number of benzene rings is 1. The van der Waals surface area contributed by atoms with Crippen molar-refractivity contribution in [3.63, 3.8) is 0 Å².